The van der Waals surface area contributed by atoms with Crippen molar-refractivity contribution in [3.63, 3.8) is 0 Å². The highest BCUT2D eigenvalue weighted by Gasteiger charge is 2.10. The van der Waals surface area contributed by atoms with E-state index in [0.717, 1.165) is 24.9 Å². The highest BCUT2D eigenvalue weighted by atomic mass is 16.5. The Balaban J connectivity index is 1.74. The molecule has 0 aromatic heterocycles. The van der Waals surface area contributed by atoms with Crippen LogP contribution in [0, 0.1) is 0 Å². The summed E-state index contributed by atoms with van der Waals surface area (Å²) < 4.78 is 5.42. The van der Waals surface area contributed by atoms with Crippen molar-refractivity contribution >= 4 is 17.9 Å². The lowest BCUT2D eigenvalue weighted by Gasteiger charge is -2.11. The summed E-state index contributed by atoms with van der Waals surface area (Å²) in [6.45, 7) is 4.04. The largest absolute Gasteiger partial charge is 0.459 e. The van der Waals surface area contributed by atoms with E-state index in [9.17, 15) is 4.79 Å². The molecule has 0 N–H and O–H groups in total. The summed E-state index contributed by atoms with van der Waals surface area (Å²) in [5.74, 6) is -0.273. The minimum absolute atomic E-state index is 0.128. The number of carbonyl (C=O) groups is 1. The number of benzene rings is 2. The highest BCUT2D eigenvalue weighted by Crippen LogP contribution is 2.13. The van der Waals surface area contributed by atoms with Crippen LogP contribution in [0.25, 0.3) is 0 Å². The summed E-state index contributed by atoms with van der Waals surface area (Å²) in [4.78, 5) is 16.3. The third-order valence-corrected chi connectivity index (χ3v) is 3.60. The number of nitrogens with zero attached hydrogens (tertiary/aromatic N) is 1. The fourth-order valence-electron chi connectivity index (χ4n) is 2.18. The first-order valence-corrected chi connectivity index (χ1v) is 8.06. The quantitative estimate of drug-likeness (QED) is 0.534. The first kappa shape index (κ1) is 16.9. The Kier molecular flexibility index (Phi) is 6.55. The lowest BCUT2D eigenvalue weighted by atomic mass is 10.1. The fourth-order valence-corrected chi connectivity index (χ4v) is 2.18. The Morgan fingerprint density at radius 2 is 1.83 bits per heavy atom. The molecule has 1 unspecified atom stereocenters. The van der Waals surface area contributed by atoms with Gasteiger partial charge < -0.3 is 4.74 Å². The van der Waals surface area contributed by atoms with E-state index < -0.39 is 0 Å². The van der Waals surface area contributed by atoms with Crippen molar-refractivity contribution in [1.82, 2.24) is 0 Å². The predicted molar refractivity (Wildman–Crippen MR) is 94.5 cm³/mol. The number of hydrogen-bond acceptors (Lipinski definition) is 3. The predicted octanol–water partition coefficient (Wildman–Crippen LogP) is 4.98. The minimum Gasteiger partial charge on any atom is -0.459 e. The Morgan fingerprint density at radius 3 is 2.48 bits per heavy atom. The standard InChI is InChI=1S/C20H23NO2/c1-3-17-11-13-19(14-12-17)21-15-7-8-16(2)23-20(22)18-9-5-4-6-10-18/h4-6,9-16H,3,7-8H2,1-2H3. The van der Waals surface area contributed by atoms with E-state index in [4.69, 9.17) is 4.74 Å². The maximum absolute atomic E-state index is 11.9. The molecule has 0 bridgehead atoms. The third kappa shape index (κ3) is 5.70. The summed E-state index contributed by atoms with van der Waals surface area (Å²) in [6, 6.07) is 17.3. The van der Waals surface area contributed by atoms with Crippen LogP contribution in [-0.2, 0) is 11.2 Å². The van der Waals surface area contributed by atoms with Gasteiger partial charge in [-0.2, -0.15) is 0 Å². The second-order valence-corrected chi connectivity index (χ2v) is 5.49. The van der Waals surface area contributed by atoms with Crippen LogP contribution in [0.15, 0.2) is 59.6 Å². The van der Waals surface area contributed by atoms with Crippen molar-refractivity contribution in [2.45, 2.75) is 39.2 Å². The summed E-state index contributed by atoms with van der Waals surface area (Å²) in [5, 5.41) is 0. The van der Waals surface area contributed by atoms with Gasteiger partial charge in [0, 0.05) is 6.21 Å². The molecule has 0 saturated heterocycles. The molecule has 3 heteroatoms. The molecule has 0 aliphatic rings. The van der Waals surface area contributed by atoms with Crippen molar-refractivity contribution in [3.8, 4) is 0 Å². The van der Waals surface area contributed by atoms with E-state index in [0.29, 0.717) is 5.56 Å². The van der Waals surface area contributed by atoms with Crippen molar-refractivity contribution in [1.29, 1.82) is 0 Å². The maximum atomic E-state index is 11.9. The Hall–Kier alpha value is -2.42. The molecule has 0 aliphatic carbocycles. The van der Waals surface area contributed by atoms with Crippen molar-refractivity contribution in [2.75, 3.05) is 0 Å². The molecule has 2 aromatic rings. The molecule has 2 aromatic carbocycles. The van der Waals surface area contributed by atoms with Gasteiger partial charge in [0.05, 0.1) is 17.4 Å². The van der Waals surface area contributed by atoms with Gasteiger partial charge in [-0.15, -0.1) is 0 Å². The molecule has 23 heavy (non-hydrogen) atoms. The average Bonchev–Trinajstić information content (AvgIpc) is 2.60. The number of aryl methyl sites for hydroxylation is 1. The summed E-state index contributed by atoms with van der Waals surface area (Å²) in [6.07, 6.45) is 4.33. The number of esters is 1. The molecular formula is C20H23NO2. The van der Waals surface area contributed by atoms with E-state index in [2.05, 4.69) is 24.0 Å². The smallest absolute Gasteiger partial charge is 0.338 e. The first-order chi connectivity index (χ1) is 11.2. The van der Waals surface area contributed by atoms with Gasteiger partial charge in [-0.25, -0.2) is 4.79 Å². The van der Waals surface area contributed by atoms with Gasteiger partial charge in [-0.1, -0.05) is 37.3 Å². The summed E-state index contributed by atoms with van der Waals surface area (Å²) in [7, 11) is 0. The number of carbonyl (C=O) groups excluding carboxylic acids is 1. The van der Waals surface area contributed by atoms with Crippen LogP contribution in [-0.4, -0.2) is 18.3 Å². The molecule has 120 valence electrons. The fraction of sp³-hybridized carbons (Fsp3) is 0.300. The number of rotatable bonds is 7. The second kappa shape index (κ2) is 8.89. The van der Waals surface area contributed by atoms with Crippen LogP contribution in [0.4, 0.5) is 5.69 Å². The number of aliphatic imine (C=N–C) groups is 1. The number of hydrogen-bond donors (Lipinski definition) is 0. The maximum Gasteiger partial charge on any atom is 0.338 e. The van der Waals surface area contributed by atoms with E-state index in [-0.39, 0.29) is 12.1 Å². The van der Waals surface area contributed by atoms with Gasteiger partial charge in [0.2, 0.25) is 0 Å². The monoisotopic (exact) mass is 309 g/mol. The topological polar surface area (TPSA) is 38.7 Å². The van der Waals surface area contributed by atoms with E-state index in [1.165, 1.54) is 5.56 Å². The van der Waals surface area contributed by atoms with Crippen LogP contribution in [0.2, 0.25) is 0 Å². The SMILES string of the molecule is CCc1ccc(N=CCCC(C)OC(=O)c2ccccc2)cc1. The van der Waals surface area contributed by atoms with E-state index in [1.54, 1.807) is 12.1 Å². The molecule has 0 fully saturated rings. The van der Waals surface area contributed by atoms with Crippen LogP contribution in [0.3, 0.4) is 0 Å². The number of ether oxygens (including phenoxy) is 1. The van der Waals surface area contributed by atoms with Crippen LogP contribution < -0.4 is 0 Å². The molecule has 0 aliphatic heterocycles. The van der Waals surface area contributed by atoms with Crippen molar-refractivity contribution in [3.05, 3.63) is 65.7 Å². The highest BCUT2D eigenvalue weighted by molar-refractivity contribution is 5.89. The minimum atomic E-state index is -0.273. The van der Waals surface area contributed by atoms with Gasteiger partial charge in [0.15, 0.2) is 0 Å². The lowest BCUT2D eigenvalue weighted by Crippen LogP contribution is -2.15. The van der Waals surface area contributed by atoms with Gasteiger partial charge in [-0.05, 0) is 56.0 Å². The zero-order valence-electron chi connectivity index (χ0n) is 13.7. The van der Waals surface area contributed by atoms with Crippen molar-refractivity contribution in [2.24, 2.45) is 4.99 Å². The summed E-state index contributed by atoms with van der Waals surface area (Å²) in [5.41, 5.74) is 2.85. The van der Waals surface area contributed by atoms with Crippen LogP contribution in [0.1, 0.15) is 42.6 Å². The molecule has 0 radical (unpaired) electrons. The molecule has 0 amide bonds. The Bertz CT molecular complexity index is 632. The van der Waals surface area contributed by atoms with Gasteiger partial charge in [-0.3, -0.25) is 4.99 Å². The van der Waals surface area contributed by atoms with Crippen LogP contribution >= 0.6 is 0 Å². The molecule has 1 atom stereocenters. The summed E-state index contributed by atoms with van der Waals surface area (Å²) >= 11 is 0. The van der Waals surface area contributed by atoms with Gasteiger partial charge >= 0.3 is 5.97 Å². The Morgan fingerprint density at radius 1 is 1.13 bits per heavy atom. The molecule has 0 saturated carbocycles. The first-order valence-electron chi connectivity index (χ1n) is 8.06. The lowest BCUT2D eigenvalue weighted by molar-refractivity contribution is 0.0329. The van der Waals surface area contributed by atoms with Crippen LogP contribution in [0.5, 0.6) is 0 Å². The normalized spacial score (nSPS) is 12.3. The second-order valence-electron chi connectivity index (χ2n) is 5.49. The van der Waals surface area contributed by atoms with Crippen molar-refractivity contribution < 1.29 is 9.53 Å². The zero-order chi connectivity index (χ0) is 16.5. The molecule has 0 spiro atoms. The molecule has 0 heterocycles. The molecule has 2 rings (SSSR count). The molecular weight excluding hydrogens is 286 g/mol. The van der Waals surface area contributed by atoms with E-state index >= 15 is 0 Å². The van der Waals surface area contributed by atoms with Gasteiger partial charge in [0.25, 0.3) is 0 Å². The third-order valence-electron chi connectivity index (χ3n) is 3.60. The molecule has 3 nitrogen and oxygen atoms in total. The van der Waals surface area contributed by atoms with E-state index in [1.807, 2.05) is 43.5 Å². The zero-order valence-corrected chi connectivity index (χ0v) is 13.7. The Labute approximate surface area is 138 Å². The van der Waals surface area contributed by atoms with Gasteiger partial charge in [0.1, 0.15) is 0 Å². The average molecular weight is 309 g/mol.